The van der Waals surface area contributed by atoms with Gasteiger partial charge in [-0.1, -0.05) is 6.42 Å². The topological polar surface area (TPSA) is 74.8 Å². The Labute approximate surface area is 147 Å². The van der Waals surface area contributed by atoms with Crippen molar-refractivity contribution in [1.82, 2.24) is 9.97 Å². The van der Waals surface area contributed by atoms with Gasteiger partial charge in [0.05, 0.1) is 4.90 Å². The van der Waals surface area contributed by atoms with Crippen molar-refractivity contribution in [2.24, 2.45) is 0 Å². The molecule has 0 bridgehead atoms. The Bertz CT molecular complexity index is 1040. The fourth-order valence-corrected chi connectivity index (χ4v) is 4.54. The molecule has 2 N–H and O–H groups in total. The lowest BCUT2D eigenvalue weighted by Gasteiger charge is -2.08. The molecule has 1 aliphatic carbocycles. The molecule has 0 aliphatic heterocycles. The third kappa shape index (κ3) is 3.14. The molecule has 1 aliphatic rings. The van der Waals surface area contributed by atoms with Crippen LogP contribution < -0.4 is 4.72 Å². The van der Waals surface area contributed by atoms with E-state index < -0.39 is 10.0 Å². The Kier molecular flexibility index (Phi) is 4.00. The average molecular weight is 355 g/mol. The number of nitrogens with one attached hydrogen (secondary N) is 2. The summed E-state index contributed by atoms with van der Waals surface area (Å²) in [6.45, 7) is 1.90. The molecular formula is C19H21N3O2S. The Morgan fingerprint density at radius 3 is 2.76 bits per heavy atom. The highest BCUT2D eigenvalue weighted by Gasteiger charge is 2.19. The summed E-state index contributed by atoms with van der Waals surface area (Å²) >= 11 is 0. The van der Waals surface area contributed by atoms with Crippen molar-refractivity contribution in [3.05, 3.63) is 53.3 Å². The van der Waals surface area contributed by atoms with Crippen LogP contribution in [0.3, 0.4) is 0 Å². The van der Waals surface area contributed by atoms with Crippen molar-refractivity contribution in [3.8, 4) is 0 Å². The van der Waals surface area contributed by atoms with Gasteiger partial charge in [-0.2, -0.15) is 0 Å². The van der Waals surface area contributed by atoms with Gasteiger partial charge in [0.2, 0.25) is 0 Å². The minimum Gasteiger partial charge on any atom is -0.358 e. The second-order valence-electron chi connectivity index (χ2n) is 6.67. The number of anilines is 1. The Morgan fingerprint density at radius 2 is 1.92 bits per heavy atom. The van der Waals surface area contributed by atoms with E-state index in [2.05, 4.69) is 14.7 Å². The van der Waals surface area contributed by atoms with Crippen LogP contribution in [0, 0.1) is 6.92 Å². The van der Waals surface area contributed by atoms with Gasteiger partial charge in [0.1, 0.15) is 5.82 Å². The summed E-state index contributed by atoms with van der Waals surface area (Å²) in [6, 6.07) is 8.85. The van der Waals surface area contributed by atoms with Gasteiger partial charge in [0.25, 0.3) is 10.0 Å². The molecule has 0 saturated carbocycles. The third-order valence-corrected chi connectivity index (χ3v) is 6.14. The molecular weight excluding hydrogens is 334 g/mol. The molecule has 0 unspecified atom stereocenters. The van der Waals surface area contributed by atoms with Crippen molar-refractivity contribution in [2.75, 3.05) is 4.72 Å². The standard InChI is InChI=1S/C19H21N3O2S/c1-13-9-10-20-19(11-13)22-25(23,24)14-7-8-18-16(12-14)15-5-3-2-4-6-17(15)21-18/h7-12,21H,2-6H2,1H3,(H,20,22). The van der Waals surface area contributed by atoms with Gasteiger partial charge in [0, 0.05) is 22.8 Å². The fraction of sp³-hybridized carbons (Fsp3) is 0.316. The summed E-state index contributed by atoms with van der Waals surface area (Å²) in [5.74, 6) is 0.341. The first-order valence-electron chi connectivity index (χ1n) is 8.62. The van der Waals surface area contributed by atoms with Crippen LogP contribution in [0.25, 0.3) is 10.9 Å². The van der Waals surface area contributed by atoms with E-state index in [0.717, 1.165) is 35.7 Å². The van der Waals surface area contributed by atoms with Crippen molar-refractivity contribution < 1.29 is 8.42 Å². The number of aromatic amines is 1. The Balaban J connectivity index is 1.74. The van der Waals surface area contributed by atoms with Crippen LogP contribution in [0.2, 0.25) is 0 Å². The molecule has 2 heterocycles. The number of rotatable bonds is 3. The normalized spacial score (nSPS) is 14.9. The zero-order valence-electron chi connectivity index (χ0n) is 14.2. The lowest BCUT2D eigenvalue weighted by atomic mass is 10.1. The minimum absolute atomic E-state index is 0.273. The van der Waals surface area contributed by atoms with Crippen molar-refractivity contribution in [3.63, 3.8) is 0 Å². The van der Waals surface area contributed by atoms with Gasteiger partial charge in [-0.05, 0) is 74.1 Å². The predicted octanol–water partition coefficient (Wildman–Crippen LogP) is 3.94. The van der Waals surface area contributed by atoms with E-state index in [0.29, 0.717) is 5.82 Å². The molecule has 0 amide bonds. The first kappa shape index (κ1) is 16.1. The third-order valence-electron chi connectivity index (χ3n) is 4.78. The largest absolute Gasteiger partial charge is 0.358 e. The second-order valence-corrected chi connectivity index (χ2v) is 8.36. The molecule has 2 aromatic heterocycles. The number of hydrogen-bond acceptors (Lipinski definition) is 3. The van der Waals surface area contributed by atoms with E-state index in [1.54, 1.807) is 24.4 Å². The van der Waals surface area contributed by atoms with E-state index >= 15 is 0 Å². The summed E-state index contributed by atoms with van der Waals surface area (Å²) in [5.41, 5.74) is 4.51. The van der Waals surface area contributed by atoms with Gasteiger partial charge < -0.3 is 4.98 Å². The molecule has 6 heteroatoms. The lowest BCUT2D eigenvalue weighted by Crippen LogP contribution is -2.13. The highest BCUT2D eigenvalue weighted by atomic mass is 32.2. The van der Waals surface area contributed by atoms with Crippen LogP contribution >= 0.6 is 0 Å². The quantitative estimate of drug-likeness (QED) is 0.699. The summed E-state index contributed by atoms with van der Waals surface area (Å²) in [5, 5.41) is 1.02. The van der Waals surface area contributed by atoms with E-state index in [4.69, 9.17) is 0 Å². The van der Waals surface area contributed by atoms with Gasteiger partial charge >= 0.3 is 0 Å². The van der Waals surface area contributed by atoms with Crippen LogP contribution in [0.5, 0.6) is 0 Å². The van der Waals surface area contributed by atoms with E-state index in [1.807, 2.05) is 19.1 Å². The second kappa shape index (κ2) is 6.19. The number of aromatic nitrogens is 2. The maximum absolute atomic E-state index is 12.8. The van der Waals surface area contributed by atoms with Crippen molar-refractivity contribution in [2.45, 2.75) is 43.9 Å². The highest BCUT2D eigenvalue weighted by Crippen LogP contribution is 2.30. The molecule has 130 valence electrons. The molecule has 1 aromatic carbocycles. The maximum atomic E-state index is 12.8. The van der Waals surface area contributed by atoms with Crippen LogP contribution in [-0.4, -0.2) is 18.4 Å². The smallest absolute Gasteiger partial charge is 0.263 e. The van der Waals surface area contributed by atoms with Crippen LogP contribution in [0.4, 0.5) is 5.82 Å². The summed E-state index contributed by atoms with van der Waals surface area (Å²) < 4.78 is 28.1. The Morgan fingerprint density at radius 1 is 1.08 bits per heavy atom. The van der Waals surface area contributed by atoms with Crippen molar-refractivity contribution in [1.29, 1.82) is 0 Å². The summed E-state index contributed by atoms with van der Waals surface area (Å²) in [4.78, 5) is 7.83. The number of fused-ring (bicyclic) bond motifs is 3. The van der Waals surface area contributed by atoms with E-state index in [9.17, 15) is 8.42 Å². The number of H-pyrrole nitrogens is 1. The maximum Gasteiger partial charge on any atom is 0.263 e. The first-order valence-corrected chi connectivity index (χ1v) is 10.1. The first-order chi connectivity index (χ1) is 12.0. The summed E-state index contributed by atoms with van der Waals surface area (Å²) in [6.07, 6.45) is 7.21. The minimum atomic E-state index is -3.66. The fourth-order valence-electron chi connectivity index (χ4n) is 3.52. The molecule has 0 atom stereocenters. The average Bonchev–Trinajstić information content (AvgIpc) is 2.75. The number of pyridine rings is 1. The molecule has 0 fully saturated rings. The number of hydrogen-bond donors (Lipinski definition) is 2. The highest BCUT2D eigenvalue weighted by molar-refractivity contribution is 7.92. The van der Waals surface area contributed by atoms with Crippen LogP contribution in [0.1, 0.15) is 36.1 Å². The molecule has 0 spiro atoms. The Hall–Kier alpha value is -2.34. The number of sulfonamides is 1. The number of benzene rings is 1. The predicted molar refractivity (Wildman–Crippen MR) is 99.3 cm³/mol. The SMILES string of the molecule is Cc1ccnc(NS(=O)(=O)c2ccc3[nH]c4c(c3c2)CCCCC4)c1. The van der Waals surface area contributed by atoms with Gasteiger partial charge in [0.15, 0.2) is 0 Å². The monoisotopic (exact) mass is 355 g/mol. The zero-order chi connectivity index (χ0) is 17.4. The molecule has 25 heavy (non-hydrogen) atoms. The molecule has 0 saturated heterocycles. The summed E-state index contributed by atoms with van der Waals surface area (Å²) in [7, 11) is -3.66. The molecule has 3 aromatic rings. The van der Waals surface area contributed by atoms with E-state index in [-0.39, 0.29) is 4.90 Å². The van der Waals surface area contributed by atoms with Gasteiger partial charge in [-0.15, -0.1) is 0 Å². The van der Waals surface area contributed by atoms with Gasteiger partial charge in [-0.3, -0.25) is 4.72 Å². The van der Waals surface area contributed by atoms with Crippen molar-refractivity contribution >= 4 is 26.7 Å². The molecule has 4 rings (SSSR count). The zero-order valence-corrected chi connectivity index (χ0v) is 15.0. The molecule has 0 radical (unpaired) electrons. The van der Waals surface area contributed by atoms with E-state index in [1.165, 1.54) is 24.1 Å². The van der Waals surface area contributed by atoms with Gasteiger partial charge in [-0.25, -0.2) is 13.4 Å². The number of nitrogens with zero attached hydrogens (tertiary/aromatic N) is 1. The lowest BCUT2D eigenvalue weighted by molar-refractivity contribution is 0.601. The van der Waals surface area contributed by atoms with Crippen LogP contribution in [0.15, 0.2) is 41.4 Å². The number of aryl methyl sites for hydroxylation is 3. The van der Waals surface area contributed by atoms with Crippen LogP contribution in [-0.2, 0) is 22.9 Å². The molecule has 5 nitrogen and oxygen atoms in total.